The highest BCUT2D eigenvalue weighted by Crippen LogP contribution is 2.45. The van der Waals surface area contributed by atoms with Gasteiger partial charge in [0.1, 0.15) is 17.1 Å². The number of amides is 1. The Labute approximate surface area is 206 Å². The van der Waals surface area contributed by atoms with E-state index in [1.807, 2.05) is 13.0 Å². The zero-order valence-corrected chi connectivity index (χ0v) is 19.4. The van der Waals surface area contributed by atoms with E-state index >= 15 is 0 Å². The third-order valence-corrected chi connectivity index (χ3v) is 7.06. The fraction of sp³-hybridized carbons (Fsp3) is 0.115. The fourth-order valence-corrected chi connectivity index (χ4v) is 5.46. The molecular formula is C26H16F2N2O5S. The number of aromatic nitrogens is 1. The molecule has 0 bridgehead atoms. The zero-order valence-electron chi connectivity index (χ0n) is 18.6. The molecule has 1 atom stereocenters. The van der Waals surface area contributed by atoms with Gasteiger partial charge < -0.3 is 14.6 Å². The molecule has 1 amide bonds. The molecule has 7 nitrogen and oxygen atoms in total. The number of ether oxygens (including phenoxy) is 2. The van der Waals surface area contributed by atoms with Gasteiger partial charge in [-0.15, -0.1) is 0 Å². The summed E-state index contributed by atoms with van der Waals surface area (Å²) in [5.74, 6) is -3.05. The maximum Gasteiger partial charge on any atom is 0.301 e. The van der Waals surface area contributed by atoms with E-state index in [4.69, 9.17) is 9.47 Å². The van der Waals surface area contributed by atoms with Crippen molar-refractivity contribution in [2.75, 3.05) is 11.7 Å². The van der Waals surface area contributed by atoms with Crippen LogP contribution in [-0.4, -0.2) is 28.6 Å². The molecule has 1 saturated heterocycles. The van der Waals surface area contributed by atoms with Gasteiger partial charge in [-0.25, -0.2) is 13.8 Å². The van der Waals surface area contributed by atoms with Crippen molar-refractivity contribution in [1.82, 2.24) is 4.98 Å². The second-order valence-corrected chi connectivity index (χ2v) is 9.39. The van der Waals surface area contributed by atoms with E-state index in [2.05, 4.69) is 4.98 Å². The van der Waals surface area contributed by atoms with E-state index in [0.717, 1.165) is 27.9 Å². The summed E-state index contributed by atoms with van der Waals surface area (Å²) in [5, 5.41) is 11.3. The van der Waals surface area contributed by atoms with Crippen LogP contribution in [0.4, 0.5) is 13.9 Å². The number of carbonyl (C=O) groups excluding carboxylic acids is 2. The van der Waals surface area contributed by atoms with Gasteiger partial charge in [-0.3, -0.25) is 14.5 Å². The van der Waals surface area contributed by atoms with E-state index in [9.17, 15) is 23.5 Å². The van der Waals surface area contributed by atoms with Gasteiger partial charge in [-0.2, -0.15) is 0 Å². The minimum atomic E-state index is -1.05. The van der Waals surface area contributed by atoms with Crippen LogP contribution in [0.15, 0.2) is 60.2 Å². The monoisotopic (exact) mass is 506 g/mol. The predicted molar refractivity (Wildman–Crippen MR) is 128 cm³/mol. The van der Waals surface area contributed by atoms with Crippen LogP contribution in [0.25, 0.3) is 16.0 Å². The number of ketones is 1. The zero-order chi connectivity index (χ0) is 25.1. The minimum absolute atomic E-state index is 0.00726. The Morgan fingerprint density at radius 1 is 1.08 bits per heavy atom. The molecule has 0 saturated carbocycles. The van der Waals surface area contributed by atoms with E-state index in [1.54, 1.807) is 30.3 Å². The summed E-state index contributed by atoms with van der Waals surface area (Å²) < 4.78 is 39.1. The maximum atomic E-state index is 14.4. The van der Waals surface area contributed by atoms with Gasteiger partial charge in [0.25, 0.3) is 5.78 Å². The van der Waals surface area contributed by atoms with Gasteiger partial charge in [0.2, 0.25) is 6.79 Å². The fourth-order valence-electron chi connectivity index (χ4n) is 4.43. The van der Waals surface area contributed by atoms with Crippen LogP contribution in [0.1, 0.15) is 22.7 Å². The lowest BCUT2D eigenvalue weighted by Crippen LogP contribution is -2.29. The first-order chi connectivity index (χ1) is 17.3. The molecule has 3 aromatic carbocycles. The Hall–Kier alpha value is -4.31. The quantitative estimate of drug-likeness (QED) is 0.232. The maximum absolute atomic E-state index is 14.4. The number of Topliss-reactive ketones (excluding diaryl/α,β-unsaturated/α-hetero) is 1. The molecule has 1 aromatic heterocycles. The molecule has 2 aliphatic rings. The molecule has 1 fully saturated rings. The molecule has 10 heteroatoms. The average molecular weight is 506 g/mol. The molecule has 180 valence electrons. The second kappa shape index (κ2) is 8.13. The van der Waals surface area contributed by atoms with Gasteiger partial charge in [-0.1, -0.05) is 41.2 Å². The number of aryl methyl sites for hydroxylation is 1. The first kappa shape index (κ1) is 22.2. The Bertz CT molecular complexity index is 1630. The summed E-state index contributed by atoms with van der Waals surface area (Å²) in [6, 6.07) is 12.6. The Balaban J connectivity index is 1.57. The van der Waals surface area contributed by atoms with Crippen LogP contribution < -0.4 is 14.4 Å². The van der Waals surface area contributed by atoms with Crippen molar-refractivity contribution in [2.45, 2.75) is 13.0 Å². The highest BCUT2D eigenvalue weighted by Gasteiger charge is 2.48. The van der Waals surface area contributed by atoms with Crippen LogP contribution in [-0.2, 0) is 9.59 Å². The summed E-state index contributed by atoms with van der Waals surface area (Å²) in [7, 11) is 0. The smallest absolute Gasteiger partial charge is 0.301 e. The molecule has 4 aromatic rings. The third-order valence-electron chi connectivity index (χ3n) is 6.06. The number of anilines is 1. The number of rotatable bonds is 3. The van der Waals surface area contributed by atoms with E-state index in [1.165, 1.54) is 6.07 Å². The van der Waals surface area contributed by atoms with Crippen molar-refractivity contribution in [1.29, 1.82) is 0 Å². The highest BCUT2D eigenvalue weighted by molar-refractivity contribution is 7.22. The average Bonchev–Trinajstić information content (AvgIpc) is 3.55. The van der Waals surface area contributed by atoms with Crippen molar-refractivity contribution in [3.8, 4) is 11.5 Å². The van der Waals surface area contributed by atoms with Crippen LogP contribution in [0, 0.1) is 18.6 Å². The Morgan fingerprint density at radius 2 is 1.89 bits per heavy atom. The van der Waals surface area contributed by atoms with Crippen molar-refractivity contribution in [3.63, 3.8) is 0 Å². The van der Waals surface area contributed by atoms with Gasteiger partial charge in [0.15, 0.2) is 22.4 Å². The molecule has 0 radical (unpaired) electrons. The Morgan fingerprint density at radius 3 is 2.69 bits per heavy atom. The second-order valence-electron chi connectivity index (χ2n) is 8.38. The lowest BCUT2D eigenvalue weighted by Gasteiger charge is -2.23. The van der Waals surface area contributed by atoms with Crippen molar-refractivity contribution in [2.24, 2.45) is 0 Å². The number of fused-ring (bicyclic) bond motifs is 2. The summed E-state index contributed by atoms with van der Waals surface area (Å²) in [6.07, 6.45) is 0. The molecule has 36 heavy (non-hydrogen) atoms. The number of aliphatic hydroxyl groups excluding tert-OH is 1. The number of carbonyl (C=O) groups is 2. The molecule has 1 unspecified atom stereocenters. The summed E-state index contributed by atoms with van der Waals surface area (Å²) >= 11 is 0.878. The van der Waals surface area contributed by atoms with Crippen LogP contribution in [0.3, 0.4) is 0 Å². The molecule has 0 spiro atoms. The number of halogens is 2. The molecule has 6 rings (SSSR count). The van der Waals surface area contributed by atoms with E-state index in [0.29, 0.717) is 23.1 Å². The summed E-state index contributed by atoms with van der Waals surface area (Å²) in [6.45, 7) is 1.88. The first-order valence-electron chi connectivity index (χ1n) is 10.8. The number of aliphatic hydroxyl groups is 1. The number of nitrogens with zero attached hydrogens (tertiary/aromatic N) is 2. The predicted octanol–water partition coefficient (Wildman–Crippen LogP) is 5.24. The van der Waals surface area contributed by atoms with Crippen molar-refractivity contribution < 1.29 is 33.0 Å². The van der Waals surface area contributed by atoms with Crippen molar-refractivity contribution >= 4 is 44.1 Å². The summed E-state index contributed by atoms with van der Waals surface area (Å²) in [5.41, 5.74) is 1.39. The number of thiazole rings is 1. The standard InChI is InChI=1S/C26H16F2N2O5S/c1-12-3-2-4-13(7-12)22-20(23(31)14-5-6-17-18(8-14)35-11-34-17)24(32)25(33)30(22)26-29-21-16(28)9-15(27)10-19(21)36-26/h2-10,22,31H,11H2,1H3/b23-20+. The molecule has 1 N–H and O–H groups in total. The third kappa shape index (κ3) is 3.41. The molecular weight excluding hydrogens is 490 g/mol. The molecule has 2 aliphatic heterocycles. The topological polar surface area (TPSA) is 89.0 Å². The lowest BCUT2D eigenvalue weighted by atomic mass is 9.94. The number of hydrogen-bond donors (Lipinski definition) is 1. The molecule has 3 heterocycles. The highest BCUT2D eigenvalue weighted by atomic mass is 32.1. The van der Waals surface area contributed by atoms with Crippen molar-refractivity contribution in [3.05, 3.63) is 88.5 Å². The van der Waals surface area contributed by atoms with Gasteiger partial charge in [0.05, 0.1) is 16.3 Å². The van der Waals surface area contributed by atoms with Crippen LogP contribution in [0.2, 0.25) is 0 Å². The molecule has 0 aliphatic carbocycles. The number of hydrogen-bond acceptors (Lipinski definition) is 7. The van der Waals surface area contributed by atoms with Gasteiger partial charge in [-0.05, 0) is 36.8 Å². The normalized spacial score (nSPS) is 18.4. The first-order valence-corrected chi connectivity index (χ1v) is 11.7. The SMILES string of the molecule is Cc1cccc(C2/C(=C(\O)c3ccc4c(c3)OCO4)C(=O)C(=O)N2c2nc3c(F)cc(F)cc3s2)c1. The summed E-state index contributed by atoms with van der Waals surface area (Å²) in [4.78, 5) is 32.0. The minimum Gasteiger partial charge on any atom is -0.507 e. The van der Waals surface area contributed by atoms with Crippen LogP contribution >= 0.6 is 11.3 Å². The lowest BCUT2D eigenvalue weighted by molar-refractivity contribution is -0.132. The Kier molecular flexibility index (Phi) is 5.01. The van der Waals surface area contributed by atoms with E-state index < -0.39 is 35.1 Å². The number of benzene rings is 3. The largest absolute Gasteiger partial charge is 0.507 e. The van der Waals surface area contributed by atoms with Crippen LogP contribution in [0.5, 0.6) is 11.5 Å². The van der Waals surface area contributed by atoms with Gasteiger partial charge >= 0.3 is 5.91 Å². The van der Waals surface area contributed by atoms with Gasteiger partial charge in [0, 0.05) is 11.6 Å². The van der Waals surface area contributed by atoms with E-state index in [-0.39, 0.29) is 33.3 Å².